The van der Waals surface area contributed by atoms with Crippen LogP contribution in [0.1, 0.15) is 31.0 Å². The molecule has 1 saturated heterocycles. The van der Waals surface area contributed by atoms with Crippen LogP contribution in [0.25, 0.3) is 0 Å². The lowest BCUT2D eigenvalue weighted by atomic mass is 10.1. The van der Waals surface area contributed by atoms with Gasteiger partial charge < -0.3 is 5.32 Å². The topological polar surface area (TPSA) is 69.7 Å². The Hall–Kier alpha value is -2.22. The van der Waals surface area contributed by atoms with Crippen molar-refractivity contribution in [2.75, 3.05) is 26.2 Å². The largest absolute Gasteiger partial charge is 0.348 e. The van der Waals surface area contributed by atoms with Gasteiger partial charge in [-0.3, -0.25) is 9.69 Å². The van der Waals surface area contributed by atoms with E-state index < -0.39 is 10.0 Å². The van der Waals surface area contributed by atoms with E-state index >= 15 is 0 Å². The fourth-order valence-electron chi connectivity index (χ4n) is 3.57. The first-order valence-electron chi connectivity index (χ1n) is 9.98. The second-order valence-corrected chi connectivity index (χ2v) is 9.46. The van der Waals surface area contributed by atoms with Gasteiger partial charge in [-0.05, 0) is 25.0 Å². The Kier molecular flexibility index (Phi) is 7.05. The number of benzene rings is 2. The lowest BCUT2D eigenvalue weighted by molar-refractivity contribution is -0.127. The third-order valence-corrected chi connectivity index (χ3v) is 7.29. The molecule has 0 saturated carbocycles. The van der Waals surface area contributed by atoms with E-state index in [1.807, 2.05) is 79.4 Å². The maximum atomic E-state index is 12.7. The number of hydrogen-bond donors (Lipinski definition) is 1. The van der Waals surface area contributed by atoms with Gasteiger partial charge in [0.1, 0.15) is 0 Å². The molecule has 29 heavy (non-hydrogen) atoms. The third-order valence-electron chi connectivity index (χ3n) is 5.44. The Labute approximate surface area is 173 Å². The number of rotatable bonds is 7. The summed E-state index contributed by atoms with van der Waals surface area (Å²) in [6, 6.07) is 18.7. The number of amides is 1. The highest BCUT2D eigenvalue weighted by Gasteiger charge is 2.31. The van der Waals surface area contributed by atoms with E-state index in [1.54, 1.807) is 0 Å². The fourth-order valence-corrected chi connectivity index (χ4v) is 5.09. The van der Waals surface area contributed by atoms with Crippen molar-refractivity contribution in [3.8, 4) is 0 Å². The molecule has 0 aliphatic carbocycles. The number of carbonyl (C=O) groups excluding carboxylic acids is 1. The summed E-state index contributed by atoms with van der Waals surface area (Å²) in [6.07, 6.45) is 0. The summed E-state index contributed by atoms with van der Waals surface area (Å²) in [5, 5.41) is 3.05. The van der Waals surface area contributed by atoms with Crippen molar-refractivity contribution >= 4 is 15.9 Å². The van der Waals surface area contributed by atoms with E-state index in [4.69, 9.17) is 0 Å². The normalized spacial score (nSPS) is 18.1. The Bertz CT molecular complexity index is 895. The summed E-state index contributed by atoms with van der Waals surface area (Å²) in [5.74, 6) is -0.0275. The molecule has 1 N–H and O–H groups in total. The zero-order chi connectivity index (χ0) is 20.9. The number of sulfonamides is 1. The van der Waals surface area contributed by atoms with E-state index in [2.05, 4.69) is 5.32 Å². The molecule has 2 atom stereocenters. The summed E-state index contributed by atoms with van der Waals surface area (Å²) in [4.78, 5) is 14.7. The molecule has 7 heteroatoms. The molecule has 2 aromatic carbocycles. The zero-order valence-corrected chi connectivity index (χ0v) is 17.8. The smallest absolute Gasteiger partial charge is 0.237 e. The quantitative estimate of drug-likeness (QED) is 0.754. The van der Waals surface area contributed by atoms with E-state index in [-0.39, 0.29) is 23.7 Å². The Morgan fingerprint density at radius 3 is 2.07 bits per heavy atom. The van der Waals surface area contributed by atoms with Gasteiger partial charge in [0, 0.05) is 26.2 Å². The molecule has 2 aromatic rings. The third kappa shape index (κ3) is 5.65. The van der Waals surface area contributed by atoms with E-state index in [9.17, 15) is 13.2 Å². The maximum absolute atomic E-state index is 12.7. The van der Waals surface area contributed by atoms with Crippen LogP contribution >= 0.6 is 0 Å². The average Bonchev–Trinajstić information content (AvgIpc) is 2.74. The van der Waals surface area contributed by atoms with E-state index in [1.165, 1.54) is 4.31 Å². The number of carbonyl (C=O) groups is 1. The molecule has 1 heterocycles. The molecule has 2 unspecified atom stereocenters. The summed E-state index contributed by atoms with van der Waals surface area (Å²) in [7, 11) is -3.35. The van der Waals surface area contributed by atoms with Gasteiger partial charge in [-0.15, -0.1) is 0 Å². The zero-order valence-electron chi connectivity index (χ0n) is 17.0. The number of hydrogen-bond acceptors (Lipinski definition) is 4. The maximum Gasteiger partial charge on any atom is 0.237 e. The first-order chi connectivity index (χ1) is 13.9. The van der Waals surface area contributed by atoms with Crippen LogP contribution in [0.3, 0.4) is 0 Å². The van der Waals surface area contributed by atoms with Gasteiger partial charge in [0.25, 0.3) is 0 Å². The van der Waals surface area contributed by atoms with Crippen LogP contribution in [0.2, 0.25) is 0 Å². The molecular weight excluding hydrogens is 386 g/mol. The first kappa shape index (κ1) is 21.5. The highest BCUT2D eigenvalue weighted by atomic mass is 32.2. The highest BCUT2D eigenvalue weighted by molar-refractivity contribution is 7.88. The van der Waals surface area contributed by atoms with Crippen molar-refractivity contribution in [3.63, 3.8) is 0 Å². The molecule has 1 amide bonds. The molecule has 6 nitrogen and oxygen atoms in total. The molecule has 1 fully saturated rings. The SMILES string of the molecule is CC(NC(=O)C(C)N1CCN(S(=O)(=O)Cc2ccccc2)CC1)c1ccccc1. The predicted molar refractivity (Wildman–Crippen MR) is 115 cm³/mol. The molecule has 0 aromatic heterocycles. The fraction of sp³-hybridized carbons (Fsp3) is 0.409. The van der Waals surface area contributed by atoms with Crippen molar-refractivity contribution in [1.29, 1.82) is 0 Å². The van der Waals surface area contributed by atoms with Crippen LogP contribution in [0.5, 0.6) is 0 Å². The van der Waals surface area contributed by atoms with Crippen LogP contribution < -0.4 is 5.32 Å². The van der Waals surface area contributed by atoms with Crippen molar-refractivity contribution in [3.05, 3.63) is 71.8 Å². The van der Waals surface area contributed by atoms with Crippen LogP contribution in [0.15, 0.2) is 60.7 Å². The number of nitrogens with one attached hydrogen (secondary N) is 1. The summed E-state index contributed by atoms with van der Waals surface area (Å²) >= 11 is 0. The van der Waals surface area contributed by atoms with Crippen LogP contribution in [-0.4, -0.2) is 55.8 Å². The Morgan fingerprint density at radius 2 is 1.48 bits per heavy atom. The predicted octanol–water partition coefficient (Wildman–Crippen LogP) is 2.40. The van der Waals surface area contributed by atoms with Crippen molar-refractivity contribution in [1.82, 2.24) is 14.5 Å². The number of nitrogens with zero attached hydrogens (tertiary/aromatic N) is 2. The lowest BCUT2D eigenvalue weighted by Crippen LogP contribution is -2.55. The van der Waals surface area contributed by atoms with Crippen LogP contribution in [-0.2, 0) is 20.6 Å². The molecule has 1 aliphatic heterocycles. The lowest BCUT2D eigenvalue weighted by Gasteiger charge is -2.37. The summed E-state index contributed by atoms with van der Waals surface area (Å²) in [5.41, 5.74) is 1.85. The van der Waals surface area contributed by atoms with Gasteiger partial charge in [0.15, 0.2) is 0 Å². The minimum absolute atomic E-state index is 0.0124. The monoisotopic (exact) mass is 415 g/mol. The number of piperazine rings is 1. The molecule has 3 rings (SSSR count). The van der Waals surface area contributed by atoms with Crippen molar-refractivity contribution in [2.24, 2.45) is 0 Å². The van der Waals surface area contributed by atoms with Crippen LogP contribution in [0, 0.1) is 0 Å². The average molecular weight is 416 g/mol. The molecule has 0 spiro atoms. The first-order valence-corrected chi connectivity index (χ1v) is 11.6. The van der Waals surface area contributed by atoms with Gasteiger partial charge in [-0.25, -0.2) is 8.42 Å². The molecule has 0 radical (unpaired) electrons. The van der Waals surface area contributed by atoms with Crippen molar-refractivity contribution in [2.45, 2.75) is 31.7 Å². The molecular formula is C22H29N3O3S. The minimum Gasteiger partial charge on any atom is -0.348 e. The standard InChI is InChI=1S/C22H29N3O3S/c1-18(21-11-7-4-8-12-21)23-22(26)19(2)24-13-15-25(16-14-24)29(27,28)17-20-9-5-3-6-10-20/h3-12,18-19H,13-17H2,1-2H3,(H,23,26). The van der Waals surface area contributed by atoms with E-state index in [0.29, 0.717) is 26.2 Å². The van der Waals surface area contributed by atoms with Gasteiger partial charge in [-0.2, -0.15) is 4.31 Å². The van der Waals surface area contributed by atoms with Crippen LogP contribution in [0.4, 0.5) is 0 Å². The second kappa shape index (κ2) is 9.52. The van der Waals surface area contributed by atoms with Gasteiger partial charge in [0.05, 0.1) is 17.8 Å². The van der Waals surface area contributed by atoms with Gasteiger partial charge >= 0.3 is 0 Å². The minimum atomic E-state index is -3.35. The molecule has 1 aliphatic rings. The van der Waals surface area contributed by atoms with E-state index in [0.717, 1.165) is 11.1 Å². The Morgan fingerprint density at radius 1 is 0.931 bits per heavy atom. The van der Waals surface area contributed by atoms with Crippen molar-refractivity contribution < 1.29 is 13.2 Å². The molecule has 156 valence electrons. The summed E-state index contributed by atoms with van der Waals surface area (Å²) < 4.78 is 26.9. The summed E-state index contributed by atoms with van der Waals surface area (Å²) in [6.45, 7) is 5.74. The Balaban J connectivity index is 1.52. The van der Waals surface area contributed by atoms with Gasteiger partial charge in [-0.1, -0.05) is 60.7 Å². The second-order valence-electron chi connectivity index (χ2n) is 7.49. The molecule has 0 bridgehead atoms. The van der Waals surface area contributed by atoms with Gasteiger partial charge in [0.2, 0.25) is 15.9 Å². The highest BCUT2D eigenvalue weighted by Crippen LogP contribution is 2.16.